The fourth-order valence-electron chi connectivity index (χ4n) is 6.28. The zero-order chi connectivity index (χ0) is 30.3. The molecule has 1 aliphatic carbocycles. The smallest absolute Gasteiger partial charge is 0.407 e. The molecule has 10 heteroatoms. The number of carboxylic acid groups (broad SMARTS) is 1. The molecule has 1 saturated carbocycles. The van der Waals surface area contributed by atoms with E-state index in [1.54, 1.807) is 7.11 Å². The number of benzene rings is 1. The molecule has 0 radical (unpaired) electrons. The van der Waals surface area contributed by atoms with Crippen molar-refractivity contribution in [3.05, 3.63) is 54.2 Å². The van der Waals surface area contributed by atoms with Gasteiger partial charge in [0, 0.05) is 63.5 Å². The van der Waals surface area contributed by atoms with E-state index in [1.165, 1.54) is 4.90 Å². The standard InChI is InChI=1S/C33H44N6O4/c1-23(22-43-3)39(33(41)42)21-25-10-8-24(9-11-25)19-35-32(40)28-18-30(36-29-7-5-4-6-27(28)29)26-12-13-31(34-20-26)38-16-14-37(2)15-17-38/h4-7,12-13,18,20,23-25H,8-11,14-17,19,21-22H2,1-3H3,(H,35,40)(H,41,42)/t23-,24-,25-/m1/s1. The number of piperazine rings is 1. The molecular formula is C33H44N6O4. The van der Waals surface area contributed by atoms with Crippen LogP contribution in [0.1, 0.15) is 43.0 Å². The number of para-hydroxylation sites is 1. The summed E-state index contributed by atoms with van der Waals surface area (Å²) in [6, 6.07) is 13.5. The van der Waals surface area contributed by atoms with E-state index in [0.717, 1.165) is 79.8 Å². The van der Waals surface area contributed by atoms with Gasteiger partial charge in [0.05, 0.1) is 29.4 Å². The topological polar surface area (TPSA) is 111 Å². The Morgan fingerprint density at radius 1 is 1.07 bits per heavy atom. The van der Waals surface area contributed by atoms with E-state index >= 15 is 0 Å². The number of anilines is 1. The summed E-state index contributed by atoms with van der Waals surface area (Å²) in [5.74, 6) is 1.55. The van der Waals surface area contributed by atoms with Gasteiger partial charge in [-0.2, -0.15) is 0 Å². The predicted octanol–water partition coefficient (Wildman–Crippen LogP) is 4.60. The summed E-state index contributed by atoms with van der Waals surface area (Å²) >= 11 is 0. The summed E-state index contributed by atoms with van der Waals surface area (Å²) in [5.41, 5.74) is 3.00. The number of amides is 2. The summed E-state index contributed by atoms with van der Waals surface area (Å²) < 4.78 is 5.17. The van der Waals surface area contributed by atoms with Crippen molar-refractivity contribution in [3.63, 3.8) is 0 Å². The van der Waals surface area contributed by atoms with Crippen molar-refractivity contribution in [3.8, 4) is 11.3 Å². The van der Waals surface area contributed by atoms with Gasteiger partial charge in [0.25, 0.3) is 5.91 Å². The lowest BCUT2D eigenvalue weighted by atomic mass is 9.81. The van der Waals surface area contributed by atoms with Crippen molar-refractivity contribution in [1.29, 1.82) is 0 Å². The molecule has 1 aliphatic heterocycles. The number of ether oxygens (including phenoxy) is 1. The molecule has 5 rings (SSSR count). The van der Waals surface area contributed by atoms with Crippen LogP contribution in [0, 0.1) is 11.8 Å². The number of carbonyl (C=O) groups excluding carboxylic acids is 1. The molecule has 3 heterocycles. The van der Waals surface area contributed by atoms with Crippen LogP contribution in [0.3, 0.4) is 0 Å². The Bertz CT molecular complexity index is 1380. The minimum absolute atomic E-state index is 0.102. The van der Waals surface area contributed by atoms with E-state index in [9.17, 15) is 14.7 Å². The van der Waals surface area contributed by atoms with Crippen LogP contribution in [0.2, 0.25) is 0 Å². The molecule has 230 valence electrons. The first-order valence-electron chi connectivity index (χ1n) is 15.4. The Kier molecular flexibility index (Phi) is 10.1. The number of aromatic nitrogens is 2. The van der Waals surface area contributed by atoms with Crippen LogP contribution in [-0.4, -0.2) is 103 Å². The maximum Gasteiger partial charge on any atom is 0.407 e. The van der Waals surface area contributed by atoms with Gasteiger partial charge in [-0.1, -0.05) is 18.2 Å². The minimum Gasteiger partial charge on any atom is -0.465 e. The minimum atomic E-state index is -0.898. The Morgan fingerprint density at radius 2 is 1.79 bits per heavy atom. The Balaban J connectivity index is 1.22. The van der Waals surface area contributed by atoms with Crippen molar-refractivity contribution in [1.82, 2.24) is 25.1 Å². The molecule has 2 fully saturated rings. The van der Waals surface area contributed by atoms with E-state index in [1.807, 2.05) is 55.6 Å². The van der Waals surface area contributed by atoms with Crippen LogP contribution in [0.4, 0.5) is 10.6 Å². The largest absolute Gasteiger partial charge is 0.465 e. The molecule has 2 amide bonds. The zero-order valence-corrected chi connectivity index (χ0v) is 25.5. The summed E-state index contributed by atoms with van der Waals surface area (Å²) in [7, 11) is 3.73. The van der Waals surface area contributed by atoms with E-state index in [0.29, 0.717) is 37.1 Å². The van der Waals surface area contributed by atoms with Crippen molar-refractivity contribution in [2.24, 2.45) is 11.8 Å². The number of likely N-dealkylation sites (N-methyl/N-ethyl adjacent to an activating group) is 1. The average Bonchev–Trinajstić information content (AvgIpc) is 3.03. The number of nitrogens with one attached hydrogen (secondary N) is 1. The molecule has 10 nitrogen and oxygen atoms in total. The third-order valence-corrected chi connectivity index (χ3v) is 8.99. The van der Waals surface area contributed by atoms with Gasteiger partial charge in [-0.25, -0.2) is 14.8 Å². The molecule has 0 unspecified atom stereocenters. The summed E-state index contributed by atoms with van der Waals surface area (Å²) in [5, 5.41) is 13.7. The van der Waals surface area contributed by atoms with Gasteiger partial charge < -0.3 is 29.9 Å². The van der Waals surface area contributed by atoms with Crippen molar-refractivity contribution in [2.45, 2.75) is 38.6 Å². The molecule has 0 bridgehead atoms. The number of fused-ring (bicyclic) bond motifs is 1. The second-order valence-corrected chi connectivity index (χ2v) is 12.1. The maximum atomic E-state index is 13.5. The van der Waals surface area contributed by atoms with E-state index < -0.39 is 6.09 Å². The highest BCUT2D eigenvalue weighted by atomic mass is 16.5. The van der Waals surface area contributed by atoms with Crippen LogP contribution >= 0.6 is 0 Å². The summed E-state index contributed by atoms with van der Waals surface area (Å²) in [4.78, 5) is 41.0. The van der Waals surface area contributed by atoms with Crippen molar-refractivity contribution >= 4 is 28.7 Å². The highest BCUT2D eigenvalue weighted by Gasteiger charge is 2.28. The van der Waals surface area contributed by atoms with Gasteiger partial charge in [-0.3, -0.25) is 4.79 Å². The van der Waals surface area contributed by atoms with E-state index in [-0.39, 0.29) is 11.9 Å². The summed E-state index contributed by atoms with van der Waals surface area (Å²) in [6.45, 7) is 7.34. The molecule has 1 atom stereocenters. The first-order chi connectivity index (χ1) is 20.8. The molecule has 1 saturated heterocycles. The van der Waals surface area contributed by atoms with Gasteiger partial charge in [0.1, 0.15) is 5.82 Å². The fraction of sp³-hybridized carbons (Fsp3) is 0.515. The highest BCUT2D eigenvalue weighted by Crippen LogP contribution is 2.30. The fourth-order valence-corrected chi connectivity index (χ4v) is 6.28. The molecule has 1 aromatic carbocycles. The Labute approximate surface area is 254 Å². The number of carbonyl (C=O) groups is 2. The lowest BCUT2D eigenvalue weighted by molar-refractivity contribution is 0.0710. The second kappa shape index (κ2) is 14.1. The SMILES string of the molecule is COC[C@@H](C)N(C[C@H]1CC[C@H](CNC(=O)c2cc(-c3ccc(N4CCN(C)CC4)nc3)nc3ccccc23)CC1)C(=O)O. The van der Waals surface area contributed by atoms with E-state index in [2.05, 4.69) is 22.2 Å². The number of rotatable bonds is 10. The van der Waals surface area contributed by atoms with Gasteiger partial charge in [-0.05, 0) is 75.8 Å². The third kappa shape index (κ3) is 7.61. The molecule has 43 heavy (non-hydrogen) atoms. The van der Waals surface area contributed by atoms with Crippen molar-refractivity contribution < 1.29 is 19.4 Å². The van der Waals surface area contributed by atoms with Crippen LogP contribution in [-0.2, 0) is 4.74 Å². The van der Waals surface area contributed by atoms with Crippen LogP contribution in [0.5, 0.6) is 0 Å². The molecular weight excluding hydrogens is 544 g/mol. The second-order valence-electron chi connectivity index (χ2n) is 12.1. The molecule has 3 aromatic rings. The Morgan fingerprint density at radius 3 is 2.47 bits per heavy atom. The van der Waals surface area contributed by atoms with Gasteiger partial charge in [0.2, 0.25) is 0 Å². The lowest BCUT2D eigenvalue weighted by Crippen LogP contribution is -2.44. The van der Waals surface area contributed by atoms with E-state index in [4.69, 9.17) is 14.7 Å². The van der Waals surface area contributed by atoms with Crippen LogP contribution < -0.4 is 10.2 Å². The molecule has 2 aromatic heterocycles. The average molecular weight is 589 g/mol. The quantitative estimate of drug-likeness (QED) is 0.354. The predicted molar refractivity (Wildman–Crippen MR) is 169 cm³/mol. The first-order valence-corrected chi connectivity index (χ1v) is 15.4. The normalized spacial score (nSPS) is 20.1. The summed E-state index contributed by atoms with van der Waals surface area (Å²) in [6.07, 6.45) is 4.78. The monoisotopic (exact) mass is 588 g/mol. The molecule has 2 N–H and O–H groups in total. The Hall–Kier alpha value is -3.76. The number of hydrogen-bond acceptors (Lipinski definition) is 7. The van der Waals surface area contributed by atoms with Crippen molar-refractivity contribution in [2.75, 3.05) is 64.9 Å². The van der Waals surface area contributed by atoms with Crippen LogP contribution in [0.25, 0.3) is 22.2 Å². The first kappa shape index (κ1) is 30.7. The maximum absolute atomic E-state index is 13.5. The molecule has 2 aliphatic rings. The number of nitrogens with zero attached hydrogens (tertiary/aromatic N) is 5. The third-order valence-electron chi connectivity index (χ3n) is 8.99. The lowest BCUT2D eigenvalue weighted by Gasteiger charge is -2.34. The van der Waals surface area contributed by atoms with Gasteiger partial charge >= 0.3 is 6.09 Å². The van der Waals surface area contributed by atoms with Crippen LogP contribution in [0.15, 0.2) is 48.7 Å². The number of methoxy groups -OCH3 is 1. The number of pyridine rings is 2. The zero-order valence-electron chi connectivity index (χ0n) is 25.5. The molecule has 0 spiro atoms. The van der Waals surface area contributed by atoms with Gasteiger partial charge in [-0.15, -0.1) is 0 Å². The van der Waals surface area contributed by atoms with Gasteiger partial charge in [0.15, 0.2) is 0 Å². The highest BCUT2D eigenvalue weighted by molar-refractivity contribution is 6.07. The number of hydrogen-bond donors (Lipinski definition) is 2.